The van der Waals surface area contributed by atoms with E-state index in [-0.39, 0.29) is 5.75 Å². The van der Waals surface area contributed by atoms with Crippen LogP contribution in [0.5, 0.6) is 5.75 Å². The smallest absolute Gasteiger partial charge is 0.406 e. The molecule has 1 aliphatic rings. The summed E-state index contributed by atoms with van der Waals surface area (Å²) < 4.78 is 40.2. The molecule has 3 rings (SSSR count). The number of alkyl halides is 3. The number of aryl methyl sites for hydroxylation is 1. The molecule has 2 aromatic rings. The predicted molar refractivity (Wildman–Crippen MR) is 90.2 cm³/mol. The van der Waals surface area contributed by atoms with Crippen molar-refractivity contribution in [3.05, 3.63) is 53.6 Å². The Labute approximate surface area is 147 Å². The Bertz CT molecular complexity index is 791. The van der Waals surface area contributed by atoms with E-state index in [4.69, 9.17) is 0 Å². The molecule has 0 saturated carbocycles. The lowest BCUT2D eigenvalue weighted by molar-refractivity contribution is -0.274. The van der Waals surface area contributed by atoms with Crippen LogP contribution >= 0.6 is 0 Å². The third kappa shape index (κ3) is 4.66. The van der Waals surface area contributed by atoms with Gasteiger partial charge in [0, 0.05) is 17.8 Å². The van der Waals surface area contributed by atoms with Crippen LogP contribution in [0.1, 0.15) is 17.5 Å². The molecule has 0 radical (unpaired) electrons. The van der Waals surface area contributed by atoms with Crippen LogP contribution in [0.25, 0.3) is 0 Å². The second kappa shape index (κ2) is 7.25. The molecule has 0 heterocycles. The highest BCUT2D eigenvalue weighted by Gasteiger charge is 2.31. The van der Waals surface area contributed by atoms with Gasteiger partial charge in [-0.25, -0.2) is 4.79 Å². The van der Waals surface area contributed by atoms with E-state index < -0.39 is 18.5 Å². The van der Waals surface area contributed by atoms with Gasteiger partial charge in [0.25, 0.3) is 0 Å². The lowest BCUT2D eigenvalue weighted by Crippen LogP contribution is -2.24. The van der Waals surface area contributed by atoms with E-state index in [1.807, 2.05) is 12.1 Å². The number of fused-ring (bicyclic) bond motifs is 1. The highest BCUT2D eigenvalue weighted by atomic mass is 19.4. The Morgan fingerprint density at radius 1 is 1.12 bits per heavy atom. The number of carbonyl (C=O) groups is 1. The zero-order valence-electron chi connectivity index (χ0n) is 13.6. The van der Waals surface area contributed by atoms with Gasteiger partial charge < -0.3 is 20.5 Å². The van der Waals surface area contributed by atoms with E-state index in [0.29, 0.717) is 24.2 Å². The van der Waals surface area contributed by atoms with Gasteiger partial charge in [-0.05, 0) is 54.3 Å². The molecule has 138 valence electrons. The summed E-state index contributed by atoms with van der Waals surface area (Å²) in [6, 6.07) is 9.86. The van der Waals surface area contributed by atoms with Crippen molar-refractivity contribution in [3.63, 3.8) is 0 Å². The maximum atomic E-state index is 12.2. The number of aliphatic hydroxyl groups excluding tert-OH is 1. The van der Waals surface area contributed by atoms with Crippen LogP contribution in [-0.2, 0) is 12.8 Å². The Morgan fingerprint density at radius 3 is 2.54 bits per heavy atom. The number of carbonyl (C=O) groups excluding carboxylic acids is 1. The van der Waals surface area contributed by atoms with Crippen molar-refractivity contribution in [1.82, 2.24) is 0 Å². The molecule has 3 N–H and O–H groups in total. The van der Waals surface area contributed by atoms with E-state index >= 15 is 0 Å². The molecule has 0 saturated heterocycles. The average Bonchev–Trinajstić information content (AvgIpc) is 2.56. The van der Waals surface area contributed by atoms with Crippen LogP contribution in [0.3, 0.4) is 0 Å². The van der Waals surface area contributed by atoms with Crippen LogP contribution in [0, 0.1) is 0 Å². The van der Waals surface area contributed by atoms with Crippen molar-refractivity contribution in [2.75, 3.05) is 10.6 Å². The molecular weight excluding hydrogens is 349 g/mol. The third-order valence-electron chi connectivity index (χ3n) is 4.05. The number of benzene rings is 2. The van der Waals surface area contributed by atoms with Crippen LogP contribution in [0.4, 0.5) is 29.3 Å². The van der Waals surface area contributed by atoms with Crippen molar-refractivity contribution >= 4 is 17.4 Å². The molecule has 8 heteroatoms. The fraction of sp³-hybridized carbons (Fsp3) is 0.278. The standard InChI is InChI=1S/C18H17F3N2O3/c19-18(20,21)26-14-8-5-12(6-9-14)22-17(25)23-16-3-1-2-11-4-7-13(24)10-15(11)16/h1-3,5-6,8-9,13,24H,4,7,10H2,(H2,22,23,25). The molecule has 0 bridgehead atoms. The first kappa shape index (κ1) is 18.1. The maximum Gasteiger partial charge on any atom is 0.573 e. The van der Waals surface area contributed by atoms with Gasteiger partial charge in [0.2, 0.25) is 0 Å². The van der Waals surface area contributed by atoms with Gasteiger partial charge in [-0.1, -0.05) is 12.1 Å². The highest BCUT2D eigenvalue weighted by Crippen LogP contribution is 2.28. The number of urea groups is 1. The van der Waals surface area contributed by atoms with Gasteiger partial charge in [-0.3, -0.25) is 0 Å². The number of halogens is 3. The Balaban J connectivity index is 1.65. The Hall–Kier alpha value is -2.74. The van der Waals surface area contributed by atoms with Gasteiger partial charge >= 0.3 is 12.4 Å². The molecule has 0 aliphatic heterocycles. The minimum absolute atomic E-state index is 0.321. The number of anilines is 2. The fourth-order valence-corrected chi connectivity index (χ4v) is 2.91. The monoisotopic (exact) mass is 366 g/mol. The zero-order chi connectivity index (χ0) is 18.7. The van der Waals surface area contributed by atoms with Gasteiger partial charge in [0.15, 0.2) is 0 Å². The molecular formula is C18H17F3N2O3. The van der Waals surface area contributed by atoms with E-state index in [9.17, 15) is 23.1 Å². The normalized spacial score (nSPS) is 16.5. The molecule has 1 aliphatic carbocycles. The van der Waals surface area contributed by atoms with Crippen LogP contribution in [0.2, 0.25) is 0 Å². The van der Waals surface area contributed by atoms with Crippen LogP contribution in [-0.4, -0.2) is 23.6 Å². The van der Waals surface area contributed by atoms with E-state index in [0.717, 1.165) is 29.7 Å². The number of hydrogen-bond acceptors (Lipinski definition) is 3. The summed E-state index contributed by atoms with van der Waals surface area (Å²) in [6.07, 6.45) is -3.29. The Morgan fingerprint density at radius 2 is 1.85 bits per heavy atom. The van der Waals surface area contributed by atoms with E-state index in [2.05, 4.69) is 15.4 Å². The minimum Gasteiger partial charge on any atom is -0.406 e. The molecule has 2 aromatic carbocycles. The second-order valence-corrected chi connectivity index (χ2v) is 5.99. The second-order valence-electron chi connectivity index (χ2n) is 5.99. The zero-order valence-corrected chi connectivity index (χ0v) is 13.6. The number of hydrogen-bond donors (Lipinski definition) is 3. The topological polar surface area (TPSA) is 70.6 Å². The highest BCUT2D eigenvalue weighted by molar-refractivity contribution is 6.00. The van der Waals surface area contributed by atoms with Crippen molar-refractivity contribution < 1.29 is 27.8 Å². The first-order chi connectivity index (χ1) is 12.3. The van der Waals surface area contributed by atoms with Crippen LogP contribution < -0.4 is 15.4 Å². The maximum absolute atomic E-state index is 12.2. The SMILES string of the molecule is O=C(Nc1ccc(OC(F)(F)F)cc1)Nc1cccc2c1CC(O)CC2. The molecule has 0 fully saturated rings. The molecule has 26 heavy (non-hydrogen) atoms. The summed E-state index contributed by atoms with van der Waals surface area (Å²) in [5.74, 6) is -0.366. The molecule has 0 aromatic heterocycles. The molecule has 0 spiro atoms. The fourth-order valence-electron chi connectivity index (χ4n) is 2.91. The van der Waals surface area contributed by atoms with Crippen LogP contribution in [0.15, 0.2) is 42.5 Å². The van der Waals surface area contributed by atoms with Crippen molar-refractivity contribution in [3.8, 4) is 5.75 Å². The van der Waals surface area contributed by atoms with E-state index in [1.54, 1.807) is 6.07 Å². The van der Waals surface area contributed by atoms with Gasteiger partial charge in [-0.2, -0.15) is 0 Å². The van der Waals surface area contributed by atoms with Gasteiger partial charge in [-0.15, -0.1) is 13.2 Å². The summed E-state index contributed by atoms with van der Waals surface area (Å²) in [7, 11) is 0. The predicted octanol–water partition coefficient (Wildman–Crippen LogP) is 4.08. The molecule has 1 unspecified atom stereocenters. The lowest BCUT2D eigenvalue weighted by Gasteiger charge is -2.23. The number of ether oxygens (including phenoxy) is 1. The molecule has 2 amide bonds. The van der Waals surface area contributed by atoms with Crippen molar-refractivity contribution in [2.24, 2.45) is 0 Å². The van der Waals surface area contributed by atoms with Crippen molar-refractivity contribution in [1.29, 1.82) is 0 Å². The minimum atomic E-state index is -4.76. The lowest BCUT2D eigenvalue weighted by atomic mass is 9.88. The number of rotatable bonds is 3. The number of aliphatic hydroxyl groups is 1. The number of amides is 2. The quantitative estimate of drug-likeness (QED) is 0.767. The largest absolute Gasteiger partial charge is 0.573 e. The van der Waals surface area contributed by atoms with E-state index in [1.165, 1.54) is 12.1 Å². The number of nitrogens with one attached hydrogen (secondary N) is 2. The summed E-state index contributed by atoms with van der Waals surface area (Å²) >= 11 is 0. The summed E-state index contributed by atoms with van der Waals surface area (Å²) in [5.41, 5.74) is 2.91. The first-order valence-electron chi connectivity index (χ1n) is 8.03. The van der Waals surface area contributed by atoms with Gasteiger partial charge in [0.1, 0.15) is 5.75 Å². The Kier molecular flexibility index (Phi) is 5.03. The van der Waals surface area contributed by atoms with Gasteiger partial charge in [0.05, 0.1) is 6.10 Å². The average molecular weight is 366 g/mol. The summed E-state index contributed by atoms with van der Waals surface area (Å²) in [6.45, 7) is 0. The summed E-state index contributed by atoms with van der Waals surface area (Å²) in [5, 5.41) is 15.1. The van der Waals surface area contributed by atoms with Crippen molar-refractivity contribution in [2.45, 2.75) is 31.7 Å². The third-order valence-corrected chi connectivity index (χ3v) is 4.05. The molecule has 1 atom stereocenters. The summed E-state index contributed by atoms with van der Waals surface area (Å²) in [4.78, 5) is 12.2. The molecule has 5 nitrogen and oxygen atoms in total. The first-order valence-corrected chi connectivity index (χ1v) is 8.03.